The predicted molar refractivity (Wildman–Crippen MR) is 117 cm³/mol. The van der Waals surface area contributed by atoms with Crippen LogP contribution in [0.2, 0.25) is 0 Å². The molecule has 1 atom stereocenters. The van der Waals surface area contributed by atoms with E-state index in [4.69, 9.17) is 9.47 Å². The summed E-state index contributed by atoms with van der Waals surface area (Å²) in [6.07, 6.45) is 1.75. The lowest BCUT2D eigenvalue weighted by Crippen LogP contribution is -2.32. The molecule has 6 heteroatoms. The lowest BCUT2D eigenvalue weighted by molar-refractivity contribution is -0.125. The molecule has 4 rings (SSSR count). The molecule has 154 valence electrons. The minimum absolute atomic E-state index is 0.0925. The molecule has 1 N–H and O–H groups in total. The van der Waals surface area contributed by atoms with Gasteiger partial charge in [-0.3, -0.25) is 4.79 Å². The zero-order chi connectivity index (χ0) is 20.9. The lowest BCUT2D eigenvalue weighted by atomic mass is 10.0. The highest BCUT2D eigenvalue weighted by Gasteiger charge is 2.23. The molecule has 0 aliphatic carbocycles. The monoisotopic (exact) mass is 421 g/mol. The summed E-state index contributed by atoms with van der Waals surface area (Å²) >= 11 is 1.37. The number of rotatable bonds is 7. The number of carbonyl (C=O) groups is 2. The van der Waals surface area contributed by atoms with Crippen molar-refractivity contribution in [3.05, 3.63) is 76.7 Å². The number of amides is 1. The maximum atomic E-state index is 12.5. The summed E-state index contributed by atoms with van der Waals surface area (Å²) in [7, 11) is 0. The molecule has 0 spiro atoms. The molecule has 2 heterocycles. The van der Waals surface area contributed by atoms with Gasteiger partial charge in [0.15, 0.2) is 6.61 Å². The first-order chi connectivity index (χ1) is 14.7. The van der Waals surface area contributed by atoms with Crippen LogP contribution in [-0.4, -0.2) is 18.5 Å². The van der Waals surface area contributed by atoms with Gasteiger partial charge in [0, 0.05) is 16.0 Å². The molecule has 1 aliphatic heterocycles. The van der Waals surface area contributed by atoms with Crippen LogP contribution in [-0.2, 0) is 16.1 Å². The number of thiophene rings is 1. The van der Waals surface area contributed by atoms with Crippen LogP contribution in [0.25, 0.3) is 10.4 Å². The van der Waals surface area contributed by atoms with Crippen LogP contribution in [0.15, 0.2) is 60.7 Å². The summed E-state index contributed by atoms with van der Waals surface area (Å²) in [4.78, 5) is 26.4. The summed E-state index contributed by atoms with van der Waals surface area (Å²) in [5, 5.41) is 2.97. The summed E-state index contributed by atoms with van der Waals surface area (Å²) < 4.78 is 11.0. The van der Waals surface area contributed by atoms with Crippen LogP contribution in [0.1, 0.15) is 46.6 Å². The van der Waals surface area contributed by atoms with Crippen molar-refractivity contribution in [3.8, 4) is 16.2 Å². The Bertz CT molecular complexity index is 1040. The van der Waals surface area contributed by atoms with Crippen LogP contribution >= 0.6 is 11.3 Å². The molecule has 5 nitrogen and oxygen atoms in total. The quantitative estimate of drug-likeness (QED) is 0.538. The molecule has 0 saturated carbocycles. The average molecular weight is 422 g/mol. The van der Waals surface area contributed by atoms with Gasteiger partial charge in [0.2, 0.25) is 0 Å². The number of hydrogen-bond donors (Lipinski definition) is 1. The average Bonchev–Trinajstić information content (AvgIpc) is 3.23. The molecule has 3 aromatic rings. The van der Waals surface area contributed by atoms with E-state index < -0.39 is 5.97 Å². The summed E-state index contributed by atoms with van der Waals surface area (Å²) in [5.41, 5.74) is 2.98. The molecule has 2 aromatic carbocycles. The van der Waals surface area contributed by atoms with Crippen molar-refractivity contribution >= 4 is 23.2 Å². The minimum atomic E-state index is -0.492. The van der Waals surface area contributed by atoms with E-state index in [-0.39, 0.29) is 18.6 Å². The maximum Gasteiger partial charge on any atom is 0.348 e. The van der Waals surface area contributed by atoms with Gasteiger partial charge in [0.25, 0.3) is 5.91 Å². The van der Waals surface area contributed by atoms with Crippen LogP contribution in [0.5, 0.6) is 5.75 Å². The van der Waals surface area contributed by atoms with E-state index >= 15 is 0 Å². The highest BCUT2D eigenvalue weighted by molar-refractivity contribution is 7.17. The van der Waals surface area contributed by atoms with Crippen molar-refractivity contribution in [2.24, 2.45) is 0 Å². The molecule has 1 amide bonds. The largest absolute Gasteiger partial charge is 0.488 e. The number of benzene rings is 2. The van der Waals surface area contributed by atoms with Crippen LogP contribution < -0.4 is 10.1 Å². The fraction of sp³-hybridized carbons (Fsp3) is 0.250. The number of carbonyl (C=O) groups excluding carboxylic acids is 2. The molecule has 1 aliphatic rings. The van der Waals surface area contributed by atoms with Crippen LogP contribution in [0.3, 0.4) is 0 Å². The van der Waals surface area contributed by atoms with E-state index in [2.05, 4.69) is 12.2 Å². The fourth-order valence-electron chi connectivity index (χ4n) is 3.53. The Morgan fingerprint density at radius 1 is 1.13 bits per heavy atom. The number of hydrogen-bond acceptors (Lipinski definition) is 5. The van der Waals surface area contributed by atoms with Gasteiger partial charge in [-0.25, -0.2) is 4.79 Å². The Balaban J connectivity index is 1.38. The molecule has 0 radical (unpaired) electrons. The topological polar surface area (TPSA) is 64.6 Å². The van der Waals surface area contributed by atoms with E-state index in [1.54, 1.807) is 6.07 Å². The number of esters is 1. The van der Waals surface area contributed by atoms with E-state index in [9.17, 15) is 9.59 Å². The van der Waals surface area contributed by atoms with E-state index in [1.165, 1.54) is 11.3 Å². The van der Waals surface area contributed by atoms with Crippen LogP contribution in [0, 0.1) is 0 Å². The standard InChI is InChI=1S/C24H23NO4S/c1-2-8-19(16-9-4-3-5-10-16)25-22(26)15-29-24(27)21-13-17-14-28-20-12-7-6-11-18(20)23(17)30-21/h3-7,9-13,19H,2,8,14-15H2,1H3,(H,25,26)/t19-/m1/s1. The van der Waals surface area contributed by atoms with Gasteiger partial charge < -0.3 is 14.8 Å². The first-order valence-electron chi connectivity index (χ1n) is 10.0. The van der Waals surface area contributed by atoms with Crippen molar-refractivity contribution in [1.29, 1.82) is 0 Å². The normalized spacial score (nSPS) is 12.8. The molecular formula is C24H23NO4S. The number of ether oxygens (including phenoxy) is 2. The van der Waals surface area contributed by atoms with Crippen molar-refractivity contribution in [2.75, 3.05) is 6.61 Å². The second-order valence-electron chi connectivity index (χ2n) is 7.15. The molecule has 0 saturated heterocycles. The number of para-hydroxylation sites is 1. The third-order valence-electron chi connectivity index (χ3n) is 4.97. The maximum absolute atomic E-state index is 12.5. The Morgan fingerprint density at radius 3 is 2.70 bits per heavy atom. The zero-order valence-corrected chi connectivity index (χ0v) is 17.5. The Morgan fingerprint density at radius 2 is 1.90 bits per heavy atom. The Hall–Kier alpha value is -3.12. The summed E-state index contributed by atoms with van der Waals surface area (Å²) in [6.45, 7) is 2.19. The van der Waals surface area contributed by atoms with Crippen molar-refractivity contribution in [3.63, 3.8) is 0 Å². The third kappa shape index (κ3) is 4.39. The first kappa shape index (κ1) is 20.2. The molecule has 1 aromatic heterocycles. The van der Waals surface area contributed by atoms with Gasteiger partial charge >= 0.3 is 5.97 Å². The van der Waals surface area contributed by atoms with Crippen LogP contribution in [0.4, 0.5) is 0 Å². The Kier molecular flexibility index (Phi) is 6.14. The SMILES string of the molecule is CCC[C@@H](NC(=O)COC(=O)c1cc2c(s1)-c1ccccc1OC2)c1ccccc1. The second kappa shape index (κ2) is 9.13. The van der Waals surface area contributed by atoms with E-state index in [0.29, 0.717) is 11.5 Å². The van der Waals surface area contributed by atoms with Gasteiger partial charge in [-0.05, 0) is 30.2 Å². The van der Waals surface area contributed by atoms with E-state index in [0.717, 1.165) is 40.2 Å². The highest BCUT2D eigenvalue weighted by Crippen LogP contribution is 2.42. The van der Waals surface area contributed by atoms with Gasteiger partial charge in [-0.15, -0.1) is 11.3 Å². The van der Waals surface area contributed by atoms with Gasteiger partial charge in [-0.1, -0.05) is 55.8 Å². The van der Waals surface area contributed by atoms with Gasteiger partial charge in [0.05, 0.1) is 6.04 Å². The zero-order valence-electron chi connectivity index (χ0n) is 16.7. The highest BCUT2D eigenvalue weighted by atomic mass is 32.1. The van der Waals surface area contributed by atoms with Gasteiger partial charge in [-0.2, -0.15) is 0 Å². The lowest BCUT2D eigenvalue weighted by Gasteiger charge is -2.18. The van der Waals surface area contributed by atoms with Gasteiger partial charge in [0.1, 0.15) is 17.2 Å². The van der Waals surface area contributed by atoms with E-state index in [1.807, 2.05) is 54.6 Å². The minimum Gasteiger partial charge on any atom is -0.488 e. The molecule has 0 bridgehead atoms. The first-order valence-corrected chi connectivity index (χ1v) is 10.8. The number of fused-ring (bicyclic) bond motifs is 3. The molecule has 0 unspecified atom stereocenters. The predicted octanol–water partition coefficient (Wildman–Crippen LogP) is 5.12. The summed E-state index contributed by atoms with van der Waals surface area (Å²) in [5.74, 6) is 0.0171. The molecule has 0 fully saturated rings. The molecular weight excluding hydrogens is 398 g/mol. The second-order valence-corrected chi connectivity index (χ2v) is 8.20. The number of nitrogens with one attached hydrogen (secondary N) is 1. The smallest absolute Gasteiger partial charge is 0.348 e. The fourth-order valence-corrected chi connectivity index (χ4v) is 4.63. The third-order valence-corrected chi connectivity index (χ3v) is 6.16. The van der Waals surface area contributed by atoms with Crippen molar-refractivity contribution < 1.29 is 19.1 Å². The summed E-state index contributed by atoms with van der Waals surface area (Å²) in [6, 6.07) is 19.3. The van der Waals surface area contributed by atoms with Crippen molar-refractivity contribution in [1.82, 2.24) is 5.32 Å². The van der Waals surface area contributed by atoms with Crippen molar-refractivity contribution in [2.45, 2.75) is 32.4 Å². The Labute approximate surface area is 179 Å². The molecule has 30 heavy (non-hydrogen) atoms.